The molecular weight excluding hydrogens is 252 g/mol. The van der Waals surface area contributed by atoms with Crippen LogP contribution >= 0.6 is 11.8 Å². The first-order chi connectivity index (χ1) is 9.13. The summed E-state index contributed by atoms with van der Waals surface area (Å²) in [6.45, 7) is 8.03. The summed E-state index contributed by atoms with van der Waals surface area (Å²) in [5, 5.41) is 4.79. The molecule has 2 nitrogen and oxygen atoms in total. The third-order valence-electron chi connectivity index (χ3n) is 4.34. The highest BCUT2D eigenvalue weighted by Gasteiger charge is 2.21. The molecule has 1 aliphatic carbocycles. The Balaban J connectivity index is 1.66. The van der Waals surface area contributed by atoms with Crippen molar-refractivity contribution < 1.29 is 0 Å². The molecule has 1 saturated heterocycles. The van der Waals surface area contributed by atoms with Gasteiger partial charge < -0.3 is 5.32 Å². The van der Waals surface area contributed by atoms with Crippen molar-refractivity contribution >= 4 is 16.9 Å². The predicted molar refractivity (Wildman–Crippen MR) is 86.9 cm³/mol. The average Bonchev–Trinajstić information content (AvgIpc) is 2.76. The van der Waals surface area contributed by atoms with Gasteiger partial charge in [-0.2, -0.15) is 0 Å². The van der Waals surface area contributed by atoms with Gasteiger partial charge in [0.15, 0.2) is 5.17 Å². The molecule has 0 radical (unpaired) electrons. The van der Waals surface area contributed by atoms with E-state index in [0.717, 1.165) is 24.3 Å². The van der Waals surface area contributed by atoms with E-state index >= 15 is 0 Å². The Morgan fingerprint density at radius 3 is 2.95 bits per heavy atom. The van der Waals surface area contributed by atoms with Crippen molar-refractivity contribution in [2.24, 2.45) is 22.7 Å². The van der Waals surface area contributed by atoms with E-state index in [4.69, 9.17) is 4.99 Å². The highest BCUT2D eigenvalue weighted by atomic mass is 32.2. The second kappa shape index (κ2) is 7.56. The van der Waals surface area contributed by atoms with Gasteiger partial charge in [0.1, 0.15) is 0 Å². The van der Waals surface area contributed by atoms with Crippen LogP contribution in [0.2, 0.25) is 0 Å². The Kier molecular flexibility index (Phi) is 6.06. The van der Waals surface area contributed by atoms with Crippen LogP contribution in [0.15, 0.2) is 4.99 Å². The Labute approximate surface area is 123 Å². The second-order valence-corrected chi connectivity index (χ2v) is 7.90. The predicted octanol–water partition coefficient (Wildman–Crippen LogP) is 4.31. The van der Waals surface area contributed by atoms with E-state index in [0.29, 0.717) is 6.04 Å². The van der Waals surface area contributed by atoms with Gasteiger partial charge in [-0.3, -0.25) is 4.99 Å². The topological polar surface area (TPSA) is 24.4 Å². The van der Waals surface area contributed by atoms with Gasteiger partial charge in [-0.25, -0.2) is 0 Å². The van der Waals surface area contributed by atoms with Crippen molar-refractivity contribution in [1.29, 1.82) is 0 Å². The smallest absolute Gasteiger partial charge is 0.156 e. The van der Waals surface area contributed by atoms with E-state index in [2.05, 4.69) is 26.1 Å². The first-order valence-corrected chi connectivity index (χ1v) is 9.05. The molecule has 3 unspecified atom stereocenters. The van der Waals surface area contributed by atoms with Crippen LogP contribution < -0.4 is 5.32 Å². The highest BCUT2D eigenvalue weighted by molar-refractivity contribution is 8.14. The van der Waals surface area contributed by atoms with Crippen LogP contribution in [0.3, 0.4) is 0 Å². The zero-order chi connectivity index (χ0) is 13.7. The van der Waals surface area contributed by atoms with Gasteiger partial charge in [0, 0.05) is 18.3 Å². The molecule has 0 aromatic heterocycles. The summed E-state index contributed by atoms with van der Waals surface area (Å²) in [5.41, 5.74) is 0. The largest absolute Gasteiger partial charge is 0.361 e. The summed E-state index contributed by atoms with van der Waals surface area (Å²) >= 11 is 1.92. The maximum atomic E-state index is 4.77. The first-order valence-electron chi connectivity index (χ1n) is 8.07. The number of amidine groups is 1. The zero-order valence-electron chi connectivity index (χ0n) is 12.8. The average molecular weight is 282 g/mol. The van der Waals surface area contributed by atoms with Crippen LogP contribution in [0.1, 0.15) is 59.3 Å². The van der Waals surface area contributed by atoms with Gasteiger partial charge in [-0.05, 0) is 37.0 Å². The number of hydrogen-bond donors (Lipinski definition) is 1. The van der Waals surface area contributed by atoms with Crippen molar-refractivity contribution in [2.45, 2.75) is 65.3 Å². The Bertz CT molecular complexity index is 301. The molecule has 1 heterocycles. The van der Waals surface area contributed by atoms with Crippen LogP contribution in [0.5, 0.6) is 0 Å². The lowest BCUT2D eigenvalue weighted by Crippen LogP contribution is -2.28. The normalized spacial score (nSPS) is 33.9. The van der Waals surface area contributed by atoms with Crippen molar-refractivity contribution in [3.05, 3.63) is 0 Å². The van der Waals surface area contributed by atoms with Crippen LogP contribution in [-0.2, 0) is 0 Å². The molecule has 3 atom stereocenters. The lowest BCUT2D eigenvalue weighted by molar-refractivity contribution is 0.273. The third kappa shape index (κ3) is 5.37. The maximum absolute atomic E-state index is 4.77. The molecule has 1 saturated carbocycles. The number of nitrogens with one attached hydrogen (secondary N) is 1. The standard InChI is InChI=1S/C16H30N2S/c1-12(2)9-15-11-19-16(18-15)17-8-7-14-6-4-5-13(3)10-14/h12-15H,4-11H2,1-3H3,(H,17,18). The van der Waals surface area contributed by atoms with Gasteiger partial charge in [-0.15, -0.1) is 0 Å². The Morgan fingerprint density at radius 1 is 1.37 bits per heavy atom. The molecule has 0 aromatic rings. The second-order valence-electron chi connectivity index (χ2n) is 6.90. The monoisotopic (exact) mass is 282 g/mol. The van der Waals surface area contributed by atoms with Gasteiger partial charge in [0.2, 0.25) is 0 Å². The molecule has 0 bridgehead atoms. The molecule has 1 N–H and O–H groups in total. The Hall–Kier alpha value is -0.180. The first kappa shape index (κ1) is 15.2. The molecule has 2 aliphatic rings. The molecule has 0 aromatic carbocycles. The van der Waals surface area contributed by atoms with E-state index in [1.807, 2.05) is 11.8 Å². The summed E-state index contributed by atoms with van der Waals surface area (Å²) in [6.07, 6.45) is 8.31. The lowest BCUT2D eigenvalue weighted by Gasteiger charge is -2.26. The zero-order valence-corrected chi connectivity index (χ0v) is 13.6. The van der Waals surface area contributed by atoms with Crippen LogP contribution in [-0.4, -0.2) is 23.5 Å². The maximum Gasteiger partial charge on any atom is 0.156 e. The van der Waals surface area contributed by atoms with Crippen LogP contribution in [0, 0.1) is 17.8 Å². The molecule has 1 aliphatic heterocycles. The lowest BCUT2D eigenvalue weighted by atomic mass is 9.81. The van der Waals surface area contributed by atoms with E-state index in [1.165, 1.54) is 49.4 Å². The molecule has 0 spiro atoms. The minimum absolute atomic E-state index is 0.651. The highest BCUT2D eigenvalue weighted by Crippen LogP contribution is 2.30. The summed E-state index contributed by atoms with van der Waals surface area (Å²) in [7, 11) is 0. The van der Waals surface area contributed by atoms with Crippen molar-refractivity contribution in [2.75, 3.05) is 12.3 Å². The van der Waals surface area contributed by atoms with Crippen LogP contribution in [0.25, 0.3) is 0 Å². The quantitative estimate of drug-likeness (QED) is 0.812. The van der Waals surface area contributed by atoms with Crippen LogP contribution in [0.4, 0.5) is 0 Å². The van der Waals surface area contributed by atoms with E-state index in [9.17, 15) is 0 Å². The molecular formula is C16H30N2S. The molecule has 2 fully saturated rings. The van der Waals surface area contributed by atoms with Crippen molar-refractivity contribution in [1.82, 2.24) is 5.32 Å². The number of hydrogen-bond acceptors (Lipinski definition) is 2. The molecule has 19 heavy (non-hydrogen) atoms. The SMILES string of the molecule is CC(C)CC1CSC(=NCCC2CCCC(C)C2)N1. The summed E-state index contributed by atoms with van der Waals surface area (Å²) in [4.78, 5) is 4.77. The molecule has 0 amide bonds. The number of nitrogens with zero attached hydrogens (tertiary/aromatic N) is 1. The van der Waals surface area contributed by atoms with Gasteiger partial charge in [0.25, 0.3) is 0 Å². The summed E-state index contributed by atoms with van der Waals surface area (Å²) in [5.74, 6) is 3.87. The summed E-state index contributed by atoms with van der Waals surface area (Å²) in [6, 6.07) is 0.651. The fraction of sp³-hybridized carbons (Fsp3) is 0.938. The van der Waals surface area contributed by atoms with E-state index < -0.39 is 0 Å². The third-order valence-corrected chi connectivity index (χ3v) is 5.43. The van der Waals surface area contributed by atoms with E-state index in [-0.39, 0.29) is 0 Å². The van der Waals surface area contributed by atoms with Gasteiger partial charge in [-0.1, -0.05) is 51.8 Å². The number of thioether (sulfide) groups is 1. The van der Waals surface area contributed by atoms with Gasteiger partial charge in [0.05, 0.1) is 0 Å². The van der Waals surface area contributed by atoms with Crippen molar-refractivity contribution in [3.63, 3.8) is 0 Å². The number of aliphatic imine (C=N–C) groups is 1. The molecule has 110 valence electrons. The number of rotatable bonds is 5. The molecule has 2 rings (SSSR count). The van der Waals surface area contributed by atoms with E-state index in [1.54, 1.807) is 0 Å². The summed E-state index contributed by atoms with van der Waals surface area (Å²) < 4.78 is 0. The fourth-order valence-corrected chi connectivity index (χ4v) is 4.41. The minimum atomic E-state index is 0.651. The van der Waals surface area contributed by atoms with Gasteiger partial charge >= 0.3 is 0 Å². The molecule has 3 heteroatoms. The minimum Gasteiger partial charge on any atom is -0.361 e. The Morgan fingerprint density at radius 2 is 2.21 bits per heavy atom. The fourth-order valence-electron chi connectivity index (χ4n) is 3.40. The van der Waals surface area contributed by atoms with Crippen molar-refractivity contribution in [3.8, 4) is 0 Å².